The number of pyridine rings is 1. The summed E-state index contributed by atoms with van der Waals surface area (Å²) >= 11 is 0. The van der Waals surface area contributed by atoms with Gasteiger partial charge in [-0.05, 0) is 98.5 Å². The molecule has 47 heavy (non-hydrogen) atoms. The number of carboxylic acid groups (broad SMARTS) is 2. The number of hydrogen-bond acceptors (Lipinski definition) is 8. The maximum absolute atomic E-state index is 13.1. The fourth-order valence-electron chi connectivity index (χ4n) is 6.38. The molecule has 0 aliphatic heterocycles. The molecule has 2 heterocycles. The second kappa shape index (κ2) is 11.7. The number of nitrogens with zero attached hydrogens (tertiary/aromatic N) is 2. The smallest absolute Gasteiger partial charge is 0.335 e. The van der Waals surface area contributed by atoms with Crippen molar-refractivity contribution in [3.63, 3.8) is 0 Å². The number of carbonyl (C=O) groups excluding carboxylic acids is 2. The number of nitrogens with one attached hydrogen (secondary N) is 1. The average molecular weight is 643 g/mol. The standard InChI is InChI=1S/C34H34N4O9/c1-33(2,45)17-46-23-4-6-27-26(15-36-38(27)16-23)30(40)37-22-11-34(12-22)13-24(14-34)47-28-10-18(3-5-25(28)29(35)39)19-7-20(31(41)42)9-21(8-19)32(43)44/h3-10,15-16,22,24,45H,11-14,17H2,1-2H3,(H2,35,39)(H,37,40)(H,41,42)(H,43,44). The van der Waals surface area contributed by atoms with Gasteiger partial charge in [0.05, 0.1) is 51.9 Å². The lowest BCUT2D eigenvalue weighted by atomic mass is 9.53. The summed E-state index contributed by atoms with van der Waals surface area (Å²) in [6.07, 6.45) is 5.94. The first kappa shape index (κ1) is 31.5. The third kappa shape index (κ3) is 6.61. The number of aromatic nitrogens is 2. The topological polar surface area (TPSA) is 203 Å². The van der Waals surface area contributed by atoms with Gasteiger partial charge in [0.15, 0.2) is 0 Å². The number of rotatable bonds is 11. The van der Waals surface area contributed by atoms with Crippen LogP contribution < -0.4 is 20.5 Å². The molecule has 0 radical (unpaired) electrons. The molecule has 244 valence electrons. The number of nitrogens with two attached hydrogens (primary N) is 1. The van der Waals surface area contributed by atoms with E-state index in [1.165, 1.54) is 24.4 Å². The fraction of sp³-hybridized carbons (Fsp3) is 0.324. The van der Waals surface area contributed by atoms with Gasteiger partial charge in [-0.2, -0.15) is 5.10 Å². The van der Waals surface area contributed by atoms with E-state index in [1.807, 2.05) is 0 Å². The molecular weight excluding hydrogens is 608 g/mol. The Hall–Kier alpha value is -5.43. The number of carbonyl (C=O) groups is 4. The molecule has 0 saturated heterocycles. The number of aromatic carboxylic acids is 2. The van der Waals surface area contributed by atoms with Gasteiger partial charge in [-0.3, -0.25) is 9.59 Å². The van der Waals surface area contributed by atoms with Crippen LogP contribution in [-0.4, -0.2) is 73.0 Å². The predicted octanol–water partition coefficient (Wildman–Crippen LogP) is 3.77. The molecule has 1 spiro atoms. The summed E-state index contributed by atoms with van der Waals surface area (Å²) in [6.45, 7) is 3.41. The summed E-state index contributed by atoms with van der Waals surface area (Å²) < 4.78 is 13.4. The highest BCUT2D eigenvalue weighted by Crippen LogP contribution is 2.57. The number of amides is 2. The highest BCUT2D eigenvalue weighted by Gasteiger charge is 2.54. The van der Waals surface area contributed by atoms with Gasteiger partial charge in [-0.1, -0.05) is 6.07 Å². The Morgan fingerprint density at radius 2 is 1.64 bits per heavy atom. The lowest BCUT2D eigenvalue weighted by Crippen LogP contribution is -2.58. The zero-order chi connectivity index (χ0) is 33.7. The molecule has 0 unspecified atom stereocenters. The van der Waals surface area contributed by atoms with Gasteiger partial charge in [0.2, 0.25) is 0 Å². The third-order valence-electron chi connectivity index (χ3n) is 8.64. The maximum atomic E-state index is 13.1. The van der Waals surface area contributed by atoms with Crippen molar-refractivity contribution in [1.29, 1.82) is 0 Å². The minimum Gasteiger partial charge on any atom is -0.490 e. The highest BCUT2D eigenvalue weighted by molar-refractivity contribution is 6.01. The van der Waals surface area contributed by atoms with E-state index >= 15 is 0 Å². The summed E-state index contributed by atoms with van der Waals surface area (Å²) in [5, 5.41) is 36.2. The molecule has 13 heteroatoms. The van der Waals surface area contributed by atoms with Crippen molar-refractivity contribution in [3.05, 3.63) is 83.2 Å². The molecular formula is C34H34N4O9. The molecule has 2 saturated carbocycles. The Kier molecular flexibility index (Phi) is 7.88. The molecule has 0 bridgehead atoms. The number of fused-ring (bicyclic) bond motifs is 1. The Morgan fingerprint density at radius 3 is 2.26 bits per heavy atom. The van der Waals surface area contributed by atoms with Crippen molar-refractivity contribution in [3.8, 4) is 22.6 Å². The number of carboxylic acids is 2. The quantitative estimate of drug-likeness (QED) is 0.160. The highest BCUT2D eigenvalue weighted by atomic mass is 16.5. The van der Waals surface area contributed by atoms with Gasteiger partial charge < -0.3 is 35.8 Å². The molecule has 0 atom stereocenters. The van der Waals surface area contributed by atoms with Gasteiger partial charge >= 0.3 is 11.9 Å². The largest absolute Gasteiger partial charge is 0.490 e. The van der Waals surface area contributed by atoms with Gasteiger partial charge in [0.1, 0.15) is 18.1 Å². The first-order valence-electron chi connectivity index (χ1n) is 15.0. The van der Waals surface area contributed by atoms with E-state index in [0.717, 1.165) is 18.9 Å². The lowest BCUT2D eigenvalue weighted by Gasteiger charge is -2.57. The van der Waals surface area contributed by atoms with Crippen LogP contribution in [0.2, 0.25) is 0 Å². The zero-order valence-electron chi connectivity index (χ0n) is 25.7. The average Bonchev–Trinajstić information content (AvgIpc) is 3.40. The summed E-state index contributed by atoms with van der Waals surface area (Å²) in [7, 11) is 0. The second-order valence-electron chi connectivity index (χ2n) is 13.1. The van der Waals surface area contributed by atoms with Gasteiger partial charge in [0, 0.05) is 6.04 Å². The molecule has 2 aliphatic carbocycles. The molecule has 4 aromatic rings. The molecule has 13 nitrogen and oxygen atoms in total. The van der Waals surface area contributed by atoms with E-state index in [1.54, 1.807) is 48.8 Å². The van der Waals surface area contributed by atoms with Gasteiger partial charge in [-0.25, -0.2) is 14.1 Å². The van der Waals surface area contributed by atoms with Crippen LogP contribution >= 0.6 is 0 Å². The van der Waals surface area contributed by atoms with E-state index in [4.69, 9.17) is 15.2 Å². The van der Waals surface area contributed by atoms with E-state index in [-0.39, 0.29) is 52.5 Å². The van der Waals surface area contributed by atoms with Crippen molar-refractivity contribution < 1.29 is 44.0 Å². The molecule has 6 N–H and O–H groups in total. The van der Waals surface area contributed by atoms with E-state index in [9.17, 15) is 34.5 Å². The molecule has 2 amide bonds. The monoisotopic (exact) mass is 642 g/mol. The molecule has 2 aliphatic rings. The van der Waals surface area contributed by atoms with E-state index in [2.05, 4.69) is 10.4 Å². The number of benzene rings is 2. The van der Waals surface area contributed by atoms with Crippen LogP contribution in [0.15, 0.2) is 60.9 Å². The van der Waals surface area contributed by atoms with Crippen molar-refractivity contribution in [1.82, 2.24) is 14.9 Å². The third-order valence-corrected chi connectivity index (χ3v) is 8.64. The van der Waals surface area contributed by atoms with Crippen LogP contribution in [0.25, 0.3) is 16.6 Å². The van der Waals surface area contributed by atoms with Crippen LogP contribution in [0.5, 0.6) is 11.5 Å². The van der Waals surface area contributed by atoms with Crippen LogP contribution in [0, 0.1) is 5.41 Å². The minimum absolute atomic E-state index is 0.00707. The summed E-state index contributed by atoms with van der Waals surface area (Å²) in [5.41, 5.74) is 6.30. The minimum atomic E-state index is -1.27. The lowest BCUT2D eigenvalue weighted by molar-refractivity contribution is -0.0834. The van der Waals surface area contributed by atoms with Crippen molar-refractivity contribution in [2.45, 2.75) is 57.3 Å². The Bertz CT molecular complexity index is 1880. The van der Waals surface area contributed by atoms with Crippen molar-refractivity contribution in [2.24, 2.45) is 11.1 Å². The fourth-order valence-corrected chi connectivity index (χ4v) is 6.38. The van der Waals surface area contributed by atoms with Gasteiger partial charge in [0.25, 0.3) is 11.8 Å². The van der Waals surface area contributed by atoms with Gasteiger partial charge in [-0.15, -0.1) is 0 Å². The van der Waals surface area contributed by atoms with Crippen LogP contribution in [0.3, 0.4) is 0 Å². The summed E-state index contributed by atoms with van der Waals surface area (Å²) in [6, 6.07) is 11.9. The van der Waals surface area contributed by atoms with Crippen LogP contribution in [0.1, 0.15) is 81.0 Å². The van der Waals surface area contributed by atoms with Crippen LogP contribution in [0.4, 0.5) is 0 Å². The molecule has 2 aromatic heterocycles. The number of aliphatic hydroxyl groups is 1. The second-order valence-corrected chi connectivity index (χ2v) is 13.1. The summed E-state index contributed by atoms with van der Waals surface area (Å²) in [4.78, 5) is 48.4. The number of primary amides is 1. The van der Waals surface area contributed by atoms with E-state index in [0.29, 0.717) is 40.8 Å². The maximum Gasteiger partial charge on any atom is 0.335 e. The molecule has 6 rings (SSSR count). The number of ether oxygens (including phenoxy) is 2. The Labute approximate surface area is 268 Å². The molecule has 2 aromatic carbocycles. The summed E-state index contributed by atoms with van der Waals surface area (Å²) in [5.74, 6) is -2.70. The normalized spacial score (nSPS) is 20.2. The predicted molar refractivity (Wildman–Crippen MR) is 168 cm³/mol. The van der Waals surface area contributed by atoms with Crippen molar-refractivity contribution >= 4 is 29.3 Å². The SMILES string of the molecule is CC(C)(O)COc1ccc2c(C(=O)NC3CC4(C3)CC(Oc3cc(-c5cc(C(=O)O)cc(C(=O)O)c5)ccc3C(N)=O)C4)cnn2c1. The Morgan fingerprint density at radius 1 is 0.957 bits per heavy atom. The zero-order valence-corrected chi connectivity index (χ0v) is 25.7. The molecule has 2 fully saturated rings. The first-order chi connectivity index (χ1) is 22.2. The van der Waals surface area contributed by atoms with E-state index < -0.39 is 23.4 Å². The Balaban J connectivity index is 1.07. The number of hydrogen-bond donors (Lipinski definition) is 5. The van der Waals surface area contributed by atoms with Crippen molar-refractivity contribution in [2.75, 3.05) is 6.61 Å². The van der Waals surface area contributed by atoms with Crippen LogP contribution in [-0.2, 0) is 0 Å². The first-order valence-corrected chi connectivity index (χ1v) is 15.0.